The minimum atomic E-state index is 1.03. The molecule has 0 aliphatic heterocycles. The average Bonchev–Trinajstić information content (AvgIpc) is 2.28. The Morgan fingerprint density at radius 2 is 1.88 bits per heavy atom. The third-order valence-electron chi connectivity index (χ3n) is 2.95. The zero-order valence-corrected chi connectivity index (χ0v) is 10.9. The highest BCUT2D eigenvalue weighted by atomic mass is 16.5. The number of aryl methyl sites for hydroxylation is 3. The van der Waals surface area contributed by atoms with Gasteiger partial charge in [0.05, 0.1) is 7.11 Å². The van der Waals surface area contributed by atoms with Crippen LogP contribution in [0, 0.1) is 13.8 Å². The summed E-state index contributed by atoms with van der Waals surface area (Å²) in [5.41, 5.74) is 3.97. The second kappa shape index (κ2) is 6.54. The van der Waals surface area contributed by atoms with Crippen LogP contribution in [0.15, 0.2) is 12.1 Å². The summed E-state index contributed by atoms with van der Waals surface area (Å²) in [5.74, 6) is 1.03. The van der Waals surface area contributed by atoms with Gasteiger partial charge >= 0.3 is 0 Å². The van der Waals surface area contributed by atoms with E-state index < -0.39 is 0 Å². The van der Waals surface area contributed by atoms with Crippen molar-refractivity contribution in [3.8, 4) is 5.75 Å². The fraction of sp³-hybridized carbons (Fsp3) is 0.571. The normalized spacial score (nSPS) is 10.5. The molecule has 0 atom stereocenters. The Morgan fingerprint density at radius 3 is 2.50 bits per heavy atom. The second-order valence-electron chi connectivity index (χ2n) is 4.21. The Labute approximate surface area is 99.0 Å². The van der Waals surface area contributed by atoms with Crippen molar-refractivity contribution in [1.29, 1.82) is 0 Å². The molecule has 0 amide bonds. The Hall–Kier alpha value is -1.02. The highest BCUT2D eigenvalue weighted by molar-refractivity contribution is 5.41. The molecule has 1 aromatic carbocycles. The molecule has 1 rings (SSSR count). The van der Waals surface area contributed by atoms with Gasteiger partial charge in [-0.05, 0) is 62.5 Å². The van der Waals surface area contributed by atoms with Crippen LogP contribution in [-0.2, 0) is 6.42 Å². The van der Waals surface area contributed by atoms with Crippen molar-refractivity contribution in [3.05, 3.63) is 28.8 Å². The summed E-state index contributed by atoms with van der Waals surface area (Å²) < 4.78 is 5.42. The lowest BCUT2D eigenvalue weighted by molar-refractivity contribution is 0.408. The third-order valence-corrected chi connectivity index (χ3v) is 2.95. The van der Waals surface area contributed by atoms with Crippen LogP contribution in [0.3, 0.4) is 0 Å². The molecule has 0 unspecified atom stereocenters. The first-order valence-corrected chi connectivity index (χ1v) is 6.03. The van der Waals surface area contributed by atoms with Crippen LogP contribution >= 0.6 is 0 Å². The smallest absolute Gasteiger partial charge is 0.122 e. The first-order chi connectivity index (χ1) is 7.69. The van der Waals surface area contributed by atoms with E-state index in [1.165, 1.54) is 16.7 Å². The molecule has 2 heteroatoms. The summed E-state index contributed by atoms with van der Waals surface area (Å²) in [4.78, 5) is 0. The van der Waals surface area contributed by atoms with Crippen molar-refractivity contribution in [1.82, 2.24) is 5.32 Å². The minimum Gasteiger partial charge on any atom is -0.496 e. The molecular weight excluding hydrogens is 198 g/mol. The van der Waals surface area contributed by atoms with Crippen molar-refractivity contribution >= 4 is 0 Å². The van der Waals surface area contributed by atoms with Gasteiger partial charge < -0.3 is 10.1 Å². The van der Waals surface area contributed by atoms with Crippen LogP contribution in [0.25, 0.3) is 0 Å². The van der Waals surface area contributed by atoms with Gasteiger partial charge in [-0.1, -0.05) is 13.0 Å². The predicted octanol–water partition coefficient (Wildman–Crippen LogP) is 2.85. The number of methoxy groups -OCH3 is 1. The molecule has 0 fully saturated rings. The summed E-state index contributed by atoms with van der Waals surface area (Å²) in [7, 11) is 1.75. The van der Waals surface area contributed by atoms with Crippen molar-refractivity contribution < 1.29 is 4.74 Å². The predicted molar refractivity (Wildman–Crippen MR) is 69.3 cm³/mol. The molecule has 1 aromatic rings. The fourth-order valence-electron chi connectivity index (χ4n) is 1.82. The molecule has 0 aliphatic rings. The molecule has 1 N–H and O–H groups in total. The molecule has 0 aliphatic carbocycles. The lowest BCUT2D eigenvalue weighted by atomic mass is 10.0. The van der Waals surface area contributed by atoms with Gasteiger partial charge in [0.15, 0.2) is 0 Å². The lowest BCUT2D eigenvalue weighted by Gasteiger charge is -2.11. The van der Waals surface area contributed by atoms with Crippen LogP contribution in [0.5, 0.6) is 5.75 Å². The van der Waals surface area contributed by atoms with Crippen LogP contribution in [0.1, 0.15) is 30.0 Å². The molecule has 0 saturated heterocycles. The lowest BCUT2D eigenvalue weighted by Crippen LogP contribution is -2.14. The first kappa shape index (κ1) is 13.0. The molecule has 16 heavy (non-hydrogen) atoms. The number of hydrogen-bond acceptors (Lipinski definition) is 2. The second-order valence-corrected chi connectivity index (χ2v) is 4.21. The van der Waals surface area contributed by atoms with E-state index in [-0.39, 0.29) is 0 Å². The van der Waals surface area contributed by atoms with E-state index in [0.29, 0.717) is 0 Å². The van der Waals surface area contributed by atoms with Crippen molar-refractivity contribution in [2.24, 2.45) is 0 Å². The van der Waals surface area contributed by atoms with E-state index >= 15 is 0 Å². The van der Waals surface area contributed by atoms with Crippen LogP contribution < -0.4 is 10.1 Å². The molecule has 2 nitrogen and oxygen atoms in total. The van der Waals surface area contributed by atoms with Gasteiger partial charge in [-0.15, -0.1) is 0 Å². The topological polar surface area (TPSA) is 21.3 Å². The number of rotatable bonds is 6. The van der Waals surface area contributed by atoms with E-state index in [1.807, 2.05) is 0 Å². The summed E-state index contributed by atoms with van der Waals surface area (Å²) in [6.45, 7) is 8.54. The van der Waals surface area contributed by atoms with Crippen LogP contribution in [0.2, 0.25) is 0 Å². The molecule has 0 bridgehead atoms. The van der Waals surface area contributed by atoms with Gasteiger partial charge in [-0.25, -0.2) is 0 Å². The van der Waals surface area contributed by atoms with Crippen LogP contribution in [-0.4, -0.2) is 20.2 Å². The summed E-state index contributed by atoms with van der Waals surface area (Å²) in [5, 5.41) is 3.34. The SMILES string of the molecule is CCNCCCc1cc(C)c(C)cc1OC. The molecule has 0 spiro atoms. The maximum absolute atomic E-state index is 5.42. The number of ether oxygens (including phenoxy) is 1. The van der Waals surface area contributed by atoms with E-state index in [4.69, 9.17) is 4.74 Å². The van der Waals surface area contributed by atoms with Crippen LogP contribution in [0.4, 0.5) is 0 Å². The molecule has 0 radical (unpaired) electrons. The summed E-state index contributed by atoms with van der Waals surface area (Å²) >= 11 is 0. The van der Waals surface area contributed by atoms with Crippen molar-refractivity contribution in [2.45, 2.75) is 33.6 Å². The highest BCUT2D eigenvalue weighted by Gasteiger charge is 2.05. The van der Waals surface area contributed by atoms with E-state index in [1.54, 1.807) is 7.11 Å². The van der Waals surface area contributed by atoms with Crippen molar-refractivity contribution in [3.63, 3.8) is 0 Å². The first-order valence-electron chi connectivity index (χ1n) is 6.03. The van der Waals surface area contributed by atoms with E-state index in [9.17, 15) is 0 Å². The zero-order valence-electron chi connectivity index (χ0n) is 10.9. The Morgan fingerprint density at radius 1 is 1.19 bits per heavy atom. The zero-order chi connectivity index (χ0) is 12.0. The van der Waals surface area contributed by atoms with Gasteiger partial charge in [0.25, 0.3) is 0 Å². The highest BCUT2D eigenvalue weighted by Crippen LogP contribution is 2.24. The molecule has 0 aromatic heterocycles. The molecule has 0 heterocycles. The summed E-state index contributed by atoms with van der Waals surface area (Å²) in [6, 6.07) is 4.39. The largest absolute Gasteiger partial charge is 0.496 e. The van der Waals surface area contributed by atoms with Gasteiger partial charge in [-0.3, -0.25) is 0 Å². The Balaban J connectivity index is 2.66. The van der Waals surface area contributed by atoms with Crippen molar-refractivity contribution in [2.75, 3.05) is 20.2 Å². The number of nitrogens with one attached hydrogen (secondary N) is 1. The van der Waals surface area contributed by atoms with Gasteiger partial charge in [0.1, 0.15) is 5.75 Å². The maximum Gasteiger partial charge on any atom is 0.122 e. The molecule has 90 valence electrons. The quantitative estimate of drug-likeness (QED) is 0.746. The van der Waals surface area contributed by atoms with E-state index in [0.717, 1.165) is 31.7 Å². The molecular formula is C14H23NO. The minimum absolute atomic E-state index is 1.03. The van der Waals surface area contributed by atoms with Gasteiger partial charge in [-0.2, -0.15) is 0 Å². The Bertz CT molecular complexity index is 334. The fourth-order valence-corrected chi connectivity index (χ4v) is 1.82. The van der Waals surface area contributed by atoms with Gasteiger partial charge in [0.2, 0.25) is 0 Å². The number of benzene rings is 1. The standard InChI is InChI=1S/C14H23NO/c1-5-15-8-6-7-13-9-11(2)12(3)10-14(13)16-4/h9-10,15H,5-8H2,1-4H3. The monoisotopic (exact) mass is 221 g/mol. The number of hydrogen-bond donors (Lipinski definition) is 1. The summed E-state index contributed by atoms with van der Waals surface area (Å²) in [6.07, 6.45) is 2.24. The Kier molecular flexibility index (Phi) is 5.33. The average molecular weight is 221 g/mol. The maximum atomic E-state index is 5.42. The van der Waals surface area contributed by atoms with Gasteiger partial charge in [0, 0.05) is 0 Å². The van der Waals surface area contributed by atoms with E-state index in [2.05, 4.69) is 38.2 Å². The third kappa shape index (κ3) is 3.53. The molecule has 0 saturated carbocycles.